The lowest BCUT2D eigenvalue weighted by Gasteiger charge is -2.34. The van der Waals surface area contributed by atoms with Crippen molar-refractivity contribution < 1.29 is 13.2 Å². The molecule has 1 aromatic carbocycles. The molecule has 0 saturated carbocycles. The normalized spacial score (nSPS) is 15.5. The Bertz CT molecular complexity index is 1140. The fourth-order valence-corrected chi connectivity index (χ4v) is 5.79. The molecular formula is C20H25N5O3S2. The molecule has 3 aromatic rings. The first-order chi connectivity index (χ1) is 14.4. The van der Waals surface area contributed by atoms with E-state index in [-0.39, 0.29) is 0 Å². The predicted octanol–water partition coefficient (Wildman–Crippen LogP) is 2.85. The molecule has 30 heavy (non-hydrogen) atoms. The maximum absolute atomic E-state index is 12.1. The van der Waals surface area contributed by atoms with Crippen molar-refractivity contribution in [2.45, 2.75) is 17.7 Å². The van der Waals surface area contributed by atoms with Crippen LogP contribution in [0.5, 0.6) is 5.88 Å². The number of rotatable bonds is 6. The first-order valence-electron chi connectivity index (χ1n) is 9.77. The summed E-state index contributed by atoms with van der Waals surface area (Å²) in [6.45, 7) is 2.66. The number of aromatic nitrogens is 3. The van der Waals surface area contributed by atoms with Crippen LogP contribution in [0.2, 0.25) is 0 Å². The van der Waals surface area contributed by atoms with Crippen molar-refractivity contribution in [1.29, 1.82) is 0 Å². The third-order valence-corrected chi connectivity index (χ3v) is 7.60. The van der Waals surface area contributed by atoms with E-state index in [0.717, 1.165) is 48.1 Å². The molecule has 1 aliphatic heterocycles. The van der Waals surface area contributed by atoms with Gasteiger partial charge in [-0.05, 0) is 30.9 Å². The predicted molar refractivity (Wildman–Crippen MR) is 120 cm³/mol. The van der Waals surface area contributed by atoms with Crippen molar-refractivity contribution >= 4 is 42.3 Å². The Morgan fingerprint density at radius 3 is 2.67 bits per heavy atom. The van der Waals surface area contributed by atoms with E-state index in [9.17, 15) is 8.42 Å². The molecule has 160 valence electrons. The number of hydrogen-bond donors (Lipinski definition) is 0. The molecule has 4 rings (SSSR count). The lowest BCUT2D eigenvalue weighted by molar-refractivity contribution is 0.387. The summed E-state index contributed by atoms with van der Waals surface area (Å²) < 4.78 is 30.4. The number of anilines is 2. The molecule has 1 fully saturated rings. The molecule has 1 aliphatic rings. The number of para-hydroxylation sites is 1. The number of fused-ring (bicyclic) bond motifs is 1. The van der Waals surface area contributed by atoms with E-state index in [1.54, 1.807) is 43.0 Å². The molecule has 0 radical (unpaired) electrons. The molecule has 8 nitrogen and oxygen atoms in total. The van der Waals surface area contributed by atoms with Crippen LogP contribution in [0.15, 0.2) is 35.5 Å². The van der Waals surface area contributed by atoms with Crippen LogP contribution in [0.25, 0.3) is 10.2 Å². The lowest BCUT2D eigenvalue weighted by atomic mass is 9.96. The number of benzene rings is 1. The van der Waals surface area contributed by atoms with Gasteiger partial charge in [0.15, 0.2) is 20.8 Å². The average molecular weight is 448 g/mol. The first kappa shape index (κ1) is 20.8. The highest BCUT2D eigenvalue weighted by Gasteiger charge is 2.25. The van der Waals surface area contributed by atoms with Gasteiger partial charge in [-0.3, -0.25) is 0 Å². The topological polar surface area (TPSA) is 88.5 Å². The van der Waals surface area contributed by atoms with Crippen molar-refractivity contribution in [3.63, 3.8) is 0 Å². The molecule has 1 saturated heterocycles. The second kappa shape index (κ2) is 8.35. The minimum atomic E-state index is -3.30. The standard InChI is InChI=1S/C20H25N5O3S2/c1-24(18-19(28-2)22-10-9-21-18)13-14-7-11-25(12-8-14)20-23-17-15(29-20)5-4-6-16(17)30(3,26)27/h4-6,9-10,14H,7-8,11-13H2,1-3H3. The van der Waals surface area contributed by atoms with E-state index in [1.807, 2.05) is 13.1 Å². The molecule has 0 spiro atoms. The summed E-state index contributed by atoms with van der Waals surface area (Å²) in [6, 6.07) is 5.34. The highest BCUT2D eigenvalue weighted by molar-refractivity contribution is 7.91. The van der Waals surface area contributed by atoms with Crippen LogP contribution in [-0.2, 0) is 9.84 Å². The largest absolute Gasteiger partial charge is 0.478 e. The van der Waals surface area contributed by atoms with E-state index >= 15 is 0 Å². The van der Waals surface area contributed by atoms with Crippen LogP contribution in [-0.4, -0.2) is 63.4 Å². The van der Waals surface area contributed by atoms with Gasteiger partial charge < -0.3 is 14.5 Å². The van der Waals surface area contributed by atoms with Crippen LogP contribution in [0.1, 0.15) is 12.8 Å². The third-order valence-electron chi connectivity index (χ3n) is 5.39. The van der Waals surface area contributed by atoms with Crippen molar-refractivity contribution in [1.82, 2.24) is 15.0 Å². The summed E-state index contributed by atoms with van der Waals surface area (Å²) in [7, 11) is 0.315. The van der Waals surface area contributed by atoms with Gasteiger partial charge >= 0.3 is 0 Å². The van der Waals surface area contributed by atoms with Gasteiger partial charge in [-0.15, -0.1) is 0 Å². The molecule has 0 unspecified atom stereocenters. The van der Waals surface area contributed by atoms with Crippen LogP contribution < -0.4 is 14.5 Å². The number of piperidine rings is 1. The first-order valence-corrected chi connectivity index (χ1v) is 12.5. The molecule has 10 heteroatoms. The molecule has 3 heterocycles. The van der Waals surface area contributed by atoms with E-state index in [4.69, 9.17) is 4.74 Å². The summed E-state index contributed by atoms with van der Waals surface area (Å²) in [5, 5.41) is 0.892. The van der Waals surface area contributed by atoms with E-state index in [2.05, 4.69) is 24.8 Å². The van der Waals surface area contributed by atoms with Gasteiger partial charge in [0, 0.05) is 45.3 Å². The van der Waals surface area contributed by atoms with E-state index < -0.39 is 9.84 Å². The van der Waals surface area contributed by atoms with Gasteiger partial charge in [-0.2, -0.15) is 0 Å². The third kappa shape index (κ3) is 4.20. The molecule has 0 atom stereocenters. The van der Waals surface area contributed by atoms with Gasteiger partial charge in [-0.1, -0.05) is 17.4 Å². The SMILES string of the molecule is COc1nccnc1N(C)CC1CCN(c2nc3c(S(C)(=O)=O)cccc3s2)CC1. The minimum Gasteiger partial charge on any atom is -0.478 e. The van der Waals surface area contributed by atoms with Crippen LogP contribution in [0.3, 0.4) is 0 Å². The minimum absolute atomic E-state index is 0.303. The zero-order valence-electron chi connectivity index (χ0n) is 17.3. The average Bonchev–Trinajstić information content (AvgIpc) is 3.17. The van der Waals surface area contributed by atoms with E-state index in [0.29, 0.717) is 22.2 Å². The van der Waals surface area contributed by atoms with Gasteiger partial charge in [-0.25, -0.2) is 23.4 Å². The van der Waals surface area contributed by atoms with Gasteiger partial charge in [0.25, 0.3) is 5.88 Å². The number of nitrogens with zero attached hydrogens (tertiary/aromatic N) is 5. The summed E-state index contributed by atoms with van der Waals surface area (Å²) in [5.74, 6) is 1.81. The van der Waals surface area contributed by atoms with Gasteiger partial charge in [0.1, 0.15) is 5.52 Å². The zero-order valence-corrected chi connectivity index (χ0v) is 18.9. The van der Waals surface area contributed by atoms with Gasteiger partial charge in [0.2, 0.25) is 0 Å². The Morgan fingerprint density at radius 2 is 1.97 bits per heavy atom. The number of methoxy groups -OCH3 is 1. The second-order valence-electron chi connectivity index (χ2n) is 7.57. The fourth-order valence-electron chi connectivity index (χ4n) is 3.85. The molecule has 2 aromatic heterocycles. The van der Waals surface area contributed by atoms with E-state index in [1.165, 1.54) is 6.26 Å². The molecule has 0 amide bonds. The Labute approximate surface area is 180 Å². The Kier molecular flexibility index (Phi) is 5.79. The number of thiazole rings is 1. The van der Waals surface area contributed by atoms with Crippen LogP contribution >= 0.6 is 11.3 Å². The number of sulfone groups is 1. The Balaban J connectivity index is 1.44. The van der Waals surface area contributed by atoms with Crippen molar-refractivity contribution in [2.75, 3.05) is 49.8 Å². The molecule has 0 N–H and O–H groups in total. The fraction of sp³-hybridized carbons (Fsp3) is 0.450. The summed E-state index contributed by atoms with van der Waals surface area (Å²) in [4.78, 5) is 18.0. The van der Waals surface area contributed by atoms with Crippen molar-refractivity contribution in [2.24, 2.45) is 5.92 Å². The zero-order chi connectivity index (χ0) is 21.3. The highest BCUT2D eigenvalue weighted by Crippen LogP contribution is 2.34. The Hall–Kier alpha value is -2.46. The molecule has 0 aliphatic carbocycles. The van der Waals surface area contributed by atoms with Crippen molar-refractivity contribution in [3.8, 4) is 5.88 Å². The maximum Gasteiger partial charge on any atom is 0.257 e. The smallest absolute Gasteiger partial charge is 0.257 e. The summed E-state index contributed by atoms with van der Waals surface area (Å²) in [5.41, 5.74) is 0.580. The summed E-state index contributed by atoms with van der Waals surface area (Å²) >= 11 is 1.56. The quantitative estimate of drug-likeness (QED) is 0.570. The molecular weight excluding hydrogens is 422 g/mol. The Morgan fingerprint density at radius 1 is 1.23 bits per heavy atom. The van der Waals surface area contributed by atoms with Crippen molar-refractivity contribution in [3.05, 3.63) is 30.6 Å². The second-order valence-corrected chi connectivity index (χ2v) is 10.6. The lowest BCUT2D eigenvalue weighted by Crippen LogP contribution is -2.38. The van der Waals surface area contributed by atoms with Gasteiger partial charge in [0.05, 0.1) is 16.7 Å². The summed E-state index contributed by atoms with van der Waals surface area (Å²) in [6.07, 6.45) is 6.59. The molecule has 0 bridgehead atoms. The highest BCUT2D eigenvalue weighted by atomic mass is 32.2. The maximum atomic E-state index is 12.1. The number of hydrogen-bond acceptors (Lipinski definition) is 9. The van der Waals surface area contributed by atoms with Crippen LogP contribution in [0, 0.1) is 5.92 Å². The number of ether oxygens (including phenoxy) is 1. The monoisotopic (exact) mass is 447 g/mol. The van der Waals surface area contributed by atoms with Crippen LogP contribution in [0.4, 0.5) is 10.9 Å².